The summed E-state index contributed by atoms with van der Waals surface area (Å²) in [5.74, 6) is 0.605. The normalized spacial score (nSPS) is 13.4. The molecule has 0 aliphatic heterocycles. The largest absolute Gasteiger partial charge is 0.405 e. The van der Waals surface area contributed by atoms with Gasteiger partial charge in [-0.15, -0.1) is 0 Å². The molecule has 1 atom stereocenters. The highest BCUT2D eigenvalue weighted by molar-refractivity contribution is 6.99. The molecular formula is C25H38O3Si. The molecule has 0 saturated heterocycles. The van der Waals surface area contributed by atoms with Crippen molar-refractivity contribution in [2.45, 2.75) is 46.1 Å². The van der Waals surface area contributed by atoms with Crippen molar-refractivity contribution < 1.29 is 13.9 Å². The van der Waals surface area contributed by atoms with Crippen molar-refractivity contribution in [1.82, 2.24) is 0 Å². The predicted octanol–water partition coefficient (Wildman–Crippen LogP) is 4.64. The van der Waals surface area contributed by atoms with Gasteiger partial charge in [0, 0.05) is 6.61 Å². The number of hydrogen-bond donors (Lipinski definition) is 0. The van der Waals surface area contributed by atoms with Crippen LogP contribution in [0, 0.1) is 5.92 Å². The molecule has 2 aromatic carbocycles. The Bertz CT molecular complexity index is 643. The summed E-state index contributed by atoms with van der Waals surface area (Å²) in [7, 11) is -2.46. The standard InChI is InChI=1S/C25H38O3Si/c1-6-22(2)21-27-18-17-26-19-20-28-29(25(3,4)5,23-13-9-7-10-14-23)24-15-11-8-12-16-24/h7-16,22H,6,17-21H2,1-5H3. The van der Waals surface area contributed by atoms with E-state index < -0.39 is 8.32 Å². The van der Waals surface area contributed by atoms with E-state index in [0.29, 0.717) is 32.3 Å². The molecule has 2 rings (SSSR count). The molecule has 0 N–H and O–H groups in total. The maximum Gasteiger partial charge on any atom is 0.261 e. The van der Waals surface area contributed by atoms with E-state index >= 15 is 0 Å². The van der Waals surface area contributed by atoms with E-state index in [1.54, 1.807) is 0 Å². The molecule has 1 unspecified atom stereocenters. The second-order valence-electron chi connectivity index (χ2n) is 8.71. The monoisotopic (exact) mass is 414 g/mol. The Morgan fingerprint density at radius 3 is 1.72 bits per heavy atom. The topological polar surface area (TPSA) is 27.7 Å². The van der Waals surface area contributed by atoms with Gasteiger partial charge in [-0.25, -0.2) is 0 Å². The number of benzene rings is 2. The first-order valence-electron chi connectivity index (χ1n) is 10.8. The second kappa shape index (κ2) is 11.7. The predicted molar refractivity (Wildman–Crippen MR) is 125 cm³/mol. The van der Waals surface area contributed by atoms with Crippen molar-refractivity contribution >= 4 is 18.7 Å². The Kier molecular flexibility index (Phi) is 9.57. The van der Waals surface area contributed by atoms with Crippen LogP contribution in [-0.4, -0.2) is 41.4 Å². The zero-order valence-electron chi connectivity index (χ0n) is 18.8. The summed E-state index contributed by atoms with van der Waals surface area (Å²) in [6.45, 7) is 14.5. The first-order valence-corrected chi connectivity index (χ1v) is 12.7. The summed E-state index contributed by atoms with van der Waals surface area (Å²) < 4.78 is 18.3. The Morgan fingerprint density at radius 2 is 1.24 bits per heavy atom. The van der Waals surface area contributed by atoms with Gasteiger partial charge in [-0.2, -0.15) is 0 Å². The molecule has 0 saturated carbocycles. The van der Waals surface area contributed by atoms with Gasteiger partial charge in [0.25, 0.3) is 8.32 Å². The van der Waals surface area contributed by atoms with Crippen molar-refractivity contribution in [3.05, 3.63) is 60.7 Å². The first kappa shape index (κ1) is 23.8. The fourth-order valence-corrected chi connectivity index (χ4v) is 8.18. The maximum atomic E-state index is 6.80. The van der Waals surface area contributed by atoms with Crippen LogP contribution in [0.1, 0.15) is 41.0 Å². The van der Waals surface area contributed by atoms with Gasteiger partial charge in [0.1, 0.15) is 0 Å². The average Bonchev–Trinajstić information content (AvgIpc) is 2.73. The van der Waals surface area contributed by atoms with Crippen LogP contribution >= 0.6 is 0 Å². The van der Waals surface area contributed by atoms with Crippen LogP contribution in [-0.2, 0) is 13.9 Å². The summed E-state index contributed by atoms with van der Waals surface area (Å²) in [6, 6.07) is 21.4. The summed E-state index contributed by atoms with van der Waals surface area (Å²) in [6.07, 6.45) is 1.15. The molecule has 0 aromatic heterocycles. The van der Waals surface area contributed by atoms with Crippen LogP contribution < -0.4 is 10.4 Å². The molecule has 29 heavy (non-hydrogen) atoms. The molecule has 0 radical (unpaired) electrons. The van der Waals surface area contributed by atoms with Crippen molar-refractivity contribution in [3.8, 4) is 0 Å². The molecule has 0 amide bonds. The van der Waals surface area contributed by atoms with Crippen molar-refractivity contribution in [3.63, 3.8) is 0 Å². The first-order chi connectivity index (χ1) is 13.9. The molecule has 0 bridgehead atoms. The van der Waals surface area contributed by atoms with Gasteiger partial charge in [0.15, 0.2) is 0 Å². The Labute approximate surface area is 178 Å². The lowest BCUT2D eigenvalue weighted by Gasteiger charge is -2.43. The minimum Gasteiger partial charge on any atom is -0.405 e. The van der Waals surface area contributed by atoms with E-state index in [9.17, 15) is 0 Å². The molecule has 0 fully saturated rings. The van der Waals surface area contributed by atoms with E-state index in [-0.39, 0.29) is 5.04 Å². The van der Waals surface area contributed by atoms with Gasteiger partial charge in [-0.05, 0) is 21.3 Å². The third-order valence-electron chi connectivity index (χ3n) is 5.43. The fourth-order valence-electron chi connectivity index (χ4n) is 3.64. The van der Waals surface area contributed by atoms with Crippen LogP contribution in [0.4, 0.5) is 0 Å². The molecule has 4 heteroatoms. The SMILES string of the molecule is CCC(C)COCCOCCO[Si](c1ccccc1)(c1ccccc1)C(C)(C)C. The van der Waals surface area contributed by atoms with Gasteiger partial charge < -0.3 is 13.9 Å². The van der Waals surface area contributed by atoms with E-state index in [2.05, 4.69) is 95.3 Å². The van der Waals surface area contributed by atoms with Crippen LogP contribution in [0.25, 0.3) is 0 Å². The highest BCUT2D eigenvalue weighted by Gasteiger charge is 2.49. The van der Waals surface area contributed by atoms with E-state index in [4.69, 9.17) is 13.9 Å². The second-order valence-corrected chi connectivity index (χ2v) is 13.0. The summed E-state index contributed by atoms with van der Waals surface area (Å²) in [5, 5.41) is 2.60. The van der Waals surface area contributed by atoms with Gasteiger partial charge in [0.05, 0.1) is 26.4 Å². The molecule has 0 heterocycles. The molecule has 160 valence electrons. The maximum absolute atomic E-state index is 6.80. The summed E-state index contributed by atoms with van der Waals surface area (Å²) in [4.78, 5) is 0. The molecule has 0 aliphatic rings. The highest BCUT2D eigenvalue weighted by atomic mass is 28.4. The van der Waals surface area contributed by atoms with Crippen molar-refractivity contribution in [2.24, 2.45) is 5.92 Å². The number of hydrogen-bond acceptors (Lipinski definition) is 3. The lowest BCUT2D eigenvalue weighted by Crippen LogP contribution is -2.66. The summed E-state index contributed by atoms with van der Waals surface area (Å²) in [5.41, 5.74) is 0. The summed E-state index contributed by atoms with van der Waals surface area (Å²) >= 11 is 0. The Morgan fingerprint density at radius 1 is 0.759 bits per heavy atom. The van der Waals surface area contributed by atoms with Crippen molar-refractivity contribution in [1.29, 1.82) is 0 Å². The molecule has 3 nitrogen and oxygen atoms in total. The van der Waals surface area contributed by atoms with E-state index in [1.165, 1.54) is 10.4 Å². The van der Waals surface area contributed by atoms with Crippen LogP contribution in [0.2, 0.25) is 5.04 Å². The van der Waals surface area contributed by atoms with Gasteiger partial charge in [-0.1, -0.05) is 102 Å². The molecule has 2 aromatic rings. The minimum absolute atomic E-state index is 0.00485. The Hall–Kier alpha value is -1.46. The van der Waals surface area contributed by atoms with Crippen LogP contribution in [0.3, 0.4) is 0 Å². The molecule has 0 aliphatic carbocycles. The zero-order chi connectivity index (χ0) is 21.2. The smallest absolute Gasteiger partial charge is 0.261 e. The number of ether oxygens (including phenoxy) is 2. The quantitative estimate of drug-likeness (QED) is 0.374. The zero-order valence-corrected chi connectivity index (χ0v) is 19.8. The lowest BCUT2D eigenvalue weighted by molar-refractivity contribution is 0.0252. The average molecular weight is 415 g/mol. The van der Waals surface area contributed by atoms with Gasteiger partial charge >= 0.3 is 0 Å². The van der Waals surface area contributed by atoms with Gasteiger partial charge in [0.2, 0.25) is 0 Å². The van der Waals surface area contributed by atoms with Crippen LogP contribution in [0.5, 0.6) is 0 Å². The highest BCUT2D eigenvalue weighted by Crippen LogP contribution is 2.36. The number of rotatable bonds is 12. The third kappa shape index (κ3) is 6.51. The fraction of sp³-hybridized carbons (Fsp3) is 0.520. The Balaban J connectivity index is 2.04. The van der Waals surface area contributed by atoms with E-state index in [0.717, 1.165) is 13.0 Å². The van der Waals surface area contributed by atoms with Gasteiger partial charge in [-0.3, -0.25) is 0 Å². The molecular weight excluding hydrogens is 376 g/mol. The van der Waals surface area contributed by atoms with Crippen LogP contribution in [0.15, 0.2) is 60.7 Å². The van der Waals surface area contributed by atoms with Crippen molar-refractivity contribution in [2.75, 3.05) is 33.0 Å². The molecule has 0 spiro atoms. The third-order valence-corrected chi connectivity index (χ3v) is 10.5. The van der Waals surface area contributed by atoms with E-state index in [1.807, 2.05) is 0 Å². The lowest BCUT2D eigenvalue weighted by atomic mass is 10.1. The minimum atomic E-state index is -2.46.